The Labute approximate surface area is 171 Å². The highest BCUT2D eigenvalue weighted by molar-refractivity contribution is 7.91. The summed E-state index contributed by atoms with van der Waals surface area (Å²) in [6.07, 6.45) is 4.58. The number of rotatable bonds is 6. The van der Waals surface area contributed by atoms with Crippen LogP contribution in [0.3, 0.4) is 0 Å². The molecule has 1 saturated carbocycles. The van der Waals surface area contributed by atoms with Gasteiger partial charge in [0, 0.05) is 12.1 Å². The van der Waals surface area contributed by atoms with Crippen LogP contribution in [-0.2, 0) is 14.6 Å². The maximum Gasteiger partial charge on any atom is 0.261 e. The third-order valence-corrected chi connectivity index (χ3v) is 7.74. The number of hydrogen-bond donors (Lipinski definition) is 0. The summed E-state index contributed by atoms with van der Waals surface area (Å²) in [4.78, 5) is 14.9. The Kier molecular flexibility index (Phi) is 5.67. The molecule has 156 valence electrons. The molecule has 2 fully saturated rings. The van der Waals surface area contributed by atoms with Gasteiger partial charge in [-0.3, -0.25) is 4.79 Å². The maximum atomic E-state index is 13.1. The molecular formula is C22H27NO5S. The van der Waals surface area contributed by atoms with Crippen molar-refractivity contribution in [3.63, 3.8) is 0 Å². The molecule has 0 spiro atoms. The molecule has 0 bridgehead atoms. The van der Waals surface area contributed by atoms with Crippen molar-refractivity contribution in [2.75, 3.05) is 25.2 Å². The zero-order valence-electron chi connectivity index (χ0n) is 16.7. The predicted molar refractivity (Wildman–Crippen MR) is 112 cm³/mol. The molecule has 0 unspecified atom stereocenters. The highest BCUT2D eigenvalue weighted by Crippen LogP contribution is 2.30. The van der Waals surface area contributed by atoms with Gasteiger partial charge >= 0.3 is 0 Å². The summed E-state index contributed by atoms with van der Waals surface area (Å²) in [6.45, 7) is -0.0808. The highest BCUT2D eigenvalue weighted by atomic mass is 32.2. The number of sulfone groups is 1. The molecule has 2 aromatic carbocycles. The highest BCUT2D eigenvalue weighted by Gasteiger charge is 2.39. The van der Waals surface area contributed by atoms with Gasteiger partial charge in [-0.1, -0.05) is 25.0 Å². The van der Waals surface area contributed by atoms with Crippen LogP contribution in [0.4, 0.5) is 0 Å². The van der Waals surface area contributed by atoms with Crippen molar-refractivity contribution in [3.05, 3.63) is 36.4 Å². The van der Waals surface area contributed by atoms with Crippen molar-refractivity contribution in [1.29, 1.82) is 0 Å². The first-order chi connectivity index (χ1) is 13.9. The van der Waals surface area contributed by atoms with Crippen LogP contribution in [0.15, 0.2) is 36.4 Å². The van der Waals surface area contributed by atoms with Gasteiger partial charge in [0.15, 0.2) is 16.4 Å². The number of benzene rings is 2. The first kappa shape index (κ1) is 20.0. The van der Waals surface area contributed by atoms with E-state index in [1.807, 2.05) is 41.3 Å². The number of nitrogens with zero attached hydrogens (tertiary/aromatic N) is 1. The summed E-state index contributed by atoms with van der Waals surface area (Å²) in [7, 11) is -1.42. The van der Waals surface area contributed by atoms with Crippen molar-refractivity contribution in [1.82, 2.24) is 4.90 Å². The Morgan fingerprint density at radius 3 is 2.34 bits per heavy atom. The number of hydrogen-bond acceptors (Lipinski definition) is 5. The van der Waals surface area contributed by atoms with Gasteiger partial charge in [-0.2, -0.15) is 0 Å². The van der Waals surface area contributed by atoms with E-state index in [2.05, 4.69) is 0 Å². The van der Waals surface area contributed by atoms with E-state index in [-0.39, 0.29) is 36.1 Å². The SMILES string of the molecule is COc1ccc2ccc(OCC(=O)N(C3CCCC3)[C@@H]3CCS(=O)(=O)C3)cc2c1. The molecule has 2 aliphatic rings. The standard InChI is InChI=1S/C22H27NO5S/c1-27-20-8-6-16-7-9-21(13-17(16)12-20)28-14-22(24)23(18-4-2-3-5-18)19-10-11-29(25,26)15-19/h6-9,12-13,18-19H,2-5,10-11,14-15H2,1H3/t19-/m1/s1. The van der Waals surface area contributed by atoms with Crippen LogP contribution in [0, 0.1) is 0 Å². The molecule has 0 aromatic heterocycles. The van der Waals surface area contributed by atoms with Crippen LogP contribution in [0.1, 0.15) is 32.1 Å². The van der Waals surface area contributed by atoms with Gasteiger partial charge in [0.05, 0.1) is 18.6 Å². The minimum Gasteiger partial charge on any atom is -0.497 e. The van der Waals surface area contributed by atoms with Crippen LogP contribution in [-0.4, -0.2) is 56.5 Å². The van der Waals surface area contributed by atoms with Gasteiger partial charge in [-0.15, -0.1) is 0 Å². The first-order valence-corrected chi connectivity index (χ1v) is 12.0. The molecule has 1 amide bonds. The predicted octanol–water partition coefficient (Wildman–Crippen LogP) is 3.19. The zero-order valence-corrected chi connectivity index (χ0v) is 17.5. The minimum absolute atomic E-state index is 0.0744. The lowest BCUT2D eigenvalue weighted by molar-refractivity contribution is -0.137. The monoisotopic (exact) mass is 417 g/mol. The molecule has 1 atom stereocenters. The fraction of sp³-hybridized carbons (Fsp3) is 0.500. The second kappa shape index (κ2) is 8.22. The van der Waals surface area contributed by atoms with Crippen molar-refractivity contribution >= 4 is 26.5 Å². The van der Waals surface area contributed by atoms with E-state index < -0.39 is 9.84 Å². The molecule has 1 saturated heterocycles. The van der Waals surface area contributed by atoms with Crippen LogP contribution in [0.5, 0.6) is 11.5 Å². The van der Waals surface area contributed by atoms with Gasteiger partial charge in [0.25, 0.3) is 5.91 Å². The lowest BCUT2D eigenvalue weighted by Gasteiger charge is -2.34. The molecule has 1 aliphatic carbocycles. The number of ether oxygens (including phenoxy) is 2. The number of carbonyl (C=O) groups excluding carboxylic acids is 1. The summed E-state index contributed by atoms with van der Waals surface area (Å²) in [6, 6.07) is 11.4. The summed E-state index contributed by atoms with van der Waals surface area (Å²) in [5.74, 6) is 1.50. The molecule has 1 heterocycles. The molecule has 4 rings (SSSR count). The molecule has 6 nitrogen and oxygen atoms in total. The second-order valence-corrected chi connectivity index (χ2v) is 10.2. The topological polar surface area (TPSA) is 72.9 Å². The largest absolute Gasteiger partial charge is 0.497 e. The number of carbonyl (C=O) groups is 1. The van der Waals surface area contributed by atoms with E-state index in [9.17, 15) is 13.2 Å². The summed E-state index contributed by atoms with van der Waals surface area (Å²) < 4.78 is 35.0. The van der Waals surface area contributed by atoms with Crippen molar-refractivity contribution in [3.8, 4) is 11.5 Å². The summed E-state index contributed by atoms with van der Waals surface area (Å²) in [5, 5.41) is 2.04. The van der Waals surface area contributed by atoms with E-state index in [0.717, 1.165) is 42.2 Å². The van der Waals surface area contributed by atoms with Gasteiger partial charge in [0.1, 0.15) is 11.5 Å². The van der Waals surface area contributed by atoms with Crippen molar-refractivity contribution in [2.45, 2.75) is 44.2 Å². The summed E-state index contributed by atoms with van der Waals surface area (Å²) >= 11 is 0. The Bertz CT molecular complexity index is 997. The normalized spacial score (nSPS) is 21.3. The van der Waals surface area contributed by atoms with Gasteiger partial charge < -0.3 is 14.4 Å². The fourth-order valence-corrected chi connectivity index (χ4v) is 6.23. The van der Waals surface area contributed by atoms with Crippen LogP contribution >= 0.6 is 0 Å². The lowest BCUT2D eigenvalue weighted by Crippen LogP contribution is -2.48. The number of methoxy groups -OCH3 is 1. The molecule has 0 N–H and O–H groups in total. The van der Waals surface area contributed by atoms with Gasteiger partial charge in [-0.05, 0) is 54.3 Å². The molecule has 0 radical (unpaired) electrons. The average Bonchev–Trinajstić information content (AvgIpc) is 3.36. The first-order valence-electron chi connectivity index (χ1n) is 10.2. The molecular weight excluding hydrogens is 390 g/mol. The van der Waals surface area contributed by atoms with Gasteiger partial charge in [-0.25, -0.2) is 8.42 Å². The fourth-order valence-electron chi connectivity index (χ4n) is 4.52. The van der Waals surface area contributed by atoms with E-state index in [1.54, 1.807) is 7.11 Å². The van der Waals surface area contributed by atoms with Crippen LogP contribution < -0.4 is 9.47 Å². The van der Waals surface area contributed by atoms with Crippen molar-refractivity contribution < 1.29 is 22.7 Å². The summed E-state index contributed by atoms with van der Waals surface area (Å²) in [5.41, 5.74) is 0. The van der Waals surface area contributed by atoms with E-state index in [0.29, 0.717) is 12.2 Å². The van der Waals surface area contributed by atoms with Gasteiger partial charge in [0.2, 0.25) is 0 Å². The Hall–Kier alpha value is -2.28. The molecule has 2 aromatic rings. The Morgan fingerprint density at radius 2 is 1.69 bits per heavy atom. The lowest BCUT2D eigenvalue weighted by atomic mass is 10.1. The van der Waals surface area contributed by atoms with E-state index in [1.165, 1.54) is 0 Å². The Balaban J connectivity index is 1.48. The quantitative estimate of drug-likeness (QED) is 0.722. The maximum absolute atomic E-state index is 13.1. The number of amides is 1. The van der Waals surface area contributed by atoms with E-state index >= 15 is 0 Å². The third-order valence-electron chi connectivity index (χ3n) is 5.99. The minimum atomic E-state index is -3.05. The third kappa shape index (κ3) is 4.50. The van der Waals surface area contributed by atoms with E-state index in [4.69, 9.17) is 9.47 Å². The number of fused-ring (bicyclic) bond motifs is 1. The second-order valence-electron chi connectivity index (χ2n) is 7.96. The Morgan fingerprint density at radius 1 is 1.00 bits per heavy atom. The zero-order chi connectivity index (χ0) is 20.4. The molecule has 29 heavy (non-hydrogen) atoms. The van der Waals surface area contributed by atoms with Crippen LogP contribution in [0.2, 0.25) is 0 Å². The smallest absolute Gasteiger partial charge is 0.261 e. The van der Waals surface area contributed by atoms with Crippen LogP contribution in [0.25, 0.3) is 10.8 Å². The average molecular weight is 418 g/mol. The van der Waals surface area contributed by atoms with Crippen molar-refractivity contribution in [2.24, 2.45) is 0 Å². The molecule has 1 aliphatic heterocycles. The molecule has 7 heteroatoms.